The summed E-state index contributed by atoms with van der Waals surface area (Å²) in [7, 11) is 0. The fourth-order valence-electron chi connectivity index (χ4n) is 2.79. The lowest BCUT2D eigenvalue weighted by Gasteiger charge is -2.09. The van der Waals surface area contributed by atoms with E-state index in [4.69, 9.17) is 4.74 Å². The minimum absolute atomic E-state index is 0.0301. The van der Waals surface area contributed by atoms with E-state index in [0.29, 0.717) is 6.04 Å². The Labute approximate surface area is 129 Å². The Morgan fingerprint density at radius 2 is 2.05 bits per heavy atom. The van der Waals surface area contributed by atoms with E-state index in [2.05, 4.69) is 4.90 Å². The Hall–Kier alpha value is -2.07. The molecular formula is C18H20N2O2. The van der Waals surface area contributed by atoms with E-state index in [1.165, 1.54) is 19.4 Å². The van der Waals surface area contributed by atoms with Crippen molar-refractivity contribution in [1.82, 2.24) is 9.47 Å². The number of benzene rings is 1. The molecule has 2 fully saturated rings. The monoisotopic (exact) mass is 296 g/mol. The Morgan fingerprint density at radius 3 is 2.86 bits per heavy atom. The second kappa shape index (κ2) is 5.61. The molecule has 2 unspecified atom stereocenters. The number of hydrogen-bond donors (Lipinski definition) is 0. The van der Waals surface area contributed by atoms with Gasteiger partial charge in [-0.1, -0.05) is 12.1 Å². The van der Waals surface area contributed by atoms with Crippen LogP contribution >= 0.6 is 0 Å². The summed E-state index contributed by atoms with van der Waals surface area (Å²) in [4.78, 5) is 14.4. The highest BCUT2D eigenvalue weighted by atomic mass is 16.5. The van der Waals surface area contributed by atoms with Crippen molar-refractivity contribution >= 4 is 0 Å². The highest BCUT2D eigenvalue weighted by Crippen LogP contribution is 2.33. The average Bonchev–Trinajstić information content (AvgIpc) is 3.45. The number of aromatic nitrogens is 1. The van der Waals surface area contributed by atoms with Gasteiger partial charge in [0.05, 0.1) is 11.7 Å². The van der Waals surface area contributed by atoms with Crippen molar-refractivity contribution in [3.63, 3.8) is 0 Å². The zero-order valence-corrected chi connectivity index (χ0v) is 12.5. The molecule has 1 aromatic carbocycles. The lowest BCUT2D eigenvalue weighted by atomic mass is 10.3. The molecule has 1 aromatic heterocycles. The predicted molar refractivity (Wildman–Crippen MR) is 85.6 cm³/mol. The third kappa shape index (κ3) is 3.07. The first-order chi connectivity index (χ1) is 10.8. The van der Waals surface area contributed by atoms with E-state index >= 15 is 0 Å². The predicted octanol–water partition coefficient (Wildman–Crippen LogP) is 2.31. The zero-order chi connectivity index (χ0) is 14.9. The van der Waals surface area contributed by atoms with Gasteiger partial charge in [-0.25, -0.2) is 0 Å². The minimum atomic E-state index is -0.0301. The standard InChI is InChI=1S/C18H20N2O2/c21-18-6-1-2-9-20(18)15-4-3-5-17(10-15)22-13-16-12-19(16)11-14-7-8-14/h1-6,9-10,14,16H,7-8,11-13H2. The lowest BCUT2D eigenvalue weighted by molar-refractivity contribution is 0.292. The number of pyridine rings is 1. The van der Waals surface area contributed by atoms with Crippen molar-refractivity contribution in [1.29, 1.82) is 0 Å². The number of rotatable bonds is 6. The van der Waals surface area contributed by atoms with Crippen LogP contribution in [-0.4, -0.2) is 35.2 Å². The van der Waals surface area contributed by atoms with Crippen LogP contribution in [-0.2, 0) is 0 Å². The fourth-order valence-corrected chi connectivity index (χ4v) is 2.79. The summed E-state index contributed by atoms with van der Waals surface area (Å²) in [5, 5.41) is 0. The molecule has 2 aliphatic rings. The molecule has 1 saturated carbocycles. The third-order valence-electron chi connectivity index (χ3n) is 4.38. The molecule has 4 nitrogen and oxygen atoms in total. The molecule has 1 saturated heterocycles. The van der Waals surface area contributed by atoms with Gasteiger partial charge in [0.1, 0.15) is 12.4 Å². The van der Waals surface area contributed by atoms with Crippen molar-refractivity contribution in [3.05, 3.63) is 59.0 Å². The van der Waals surface area contributed by atoms with Gasteiger partial charge in [-0.2, -0.15) is 0 Å². The molecule has 4 heteroatoms. The molecule has 1 aliphatic carbocycles. The molecule has 2 heterocycles. The minimum Gasteiger partial charge on any atom is -0.492 e. The maximum Gasteiger partial charge on any atom is 0.255 e. The van der Waals surface area contributed by atoms with Crippen LogP contribution in [0.4, 0.5) is 0 Å². The molecule has 0 N–H and O–H groups in total. The van der Waals surface area contributed by atoms with E-state index < -0.39 is 0 Å². The van der Waals surface area contributed by atoms with E-state index in [0.717, 1.165) is 30.5 Å². The first-order valence-corrected chi connectivity index (χ1v) is 7.94. The zero-order valence-electron chi connectivity index (χ0n) is 12.5. The molecule has 22 heavy (non-hydrogen) atoms. The van der Waals surface area contributed by atoms with Gasteiger partial charge in [-0.3, -0.25) is 14.3 Å². The molecule has 0 spiro atoms. The van der Waals surface area contributed by atoms with Crippen molar-refractivity contribution in [3.8, 4) is 11.4 Å². The van der Waals surface area contributed by atoms with Crippen LogP contribution in [0.2, 0.25) is 0 Å². The molecule has 0 radical (unpaired) electrons. The summed E-state index contributed by atoms with van der Waals surface area (Å²) in [6, 6.07) is 13.5. The van der Waals surface area contributed by atoms with E-state index in [1.807, 2.05) is 30.3 Å². The summed E-state index contributed by atoms with van der Waals surface area (Å²) in [6.45, 7) is 3.14. The van der Waals surface area contributed by atoms with Gasteiger partial charge in [0, 0.05) is 31.4 Å². The van der Waals surface area contributed by atoms with Gasteiger partial charge >= 0.3 is 0 Å². The van der Waals surface area contributed by atoms with Crippen LogP contribution in [0.5, 0.6) is 5.75 Å². The topological polar surface area (TPSA) is 34.2 Å². The summed E-state index contributed by atoms with van der Waals surface area (Å²) in [5.41, 5.74) is 0.811. The quantitative estimate of drug-likeness (QED) is 0.767. The number of hydrogen-bond acceptors (Lipinski definition) is 3. The molecule has 4 rings (SSSR count). The second-order valence-corrected chi connectivity index (χ2v) is 6.27. The summed E-state index contributed by atoms with van der Waals surface area (Å²) in [5.74, 6) is 1.77. The van der Waals surface area contributed by atoms with Crippen LogP contribution in [0.25, 0.3) is 5.69 Å². The lowest BCUT2D eigenvalue weighted by Crippen LogP contribution is -2.16. The van der Waals surface area contributed by atoms with Gasteiger partial charge in [0.15, 0.2) is 0 Å². The molecule has 114 valence electrons. The smallest absolute Gasteiger partial charge is 0.255 e. The van der Waals surface area contributed by atoms with Crippen LogP contribution in [0.15, 0.2) is 53.5 Å². The maximum atomic E-state index is 11.9. The fraction of sp³-hybridized carbons (Fsp3) is 0.389. The molecular weight excluding hydrogens is 276 g/mol. The van der Waals surface area contributed by atoms with Crippen LogP contribution < -0.4 is 10.3 Å². The molecule has 2 atom stereocenters. The van der Waals surface area contributed by atoms with Crippen LogP contribution in [0, 0.1) is 5.92 Å². The number of nitrogens with zero attached hydrogens (tertiary/aromatic N) is 2. The summed E-state index contributed by atoms with van der Waals surface area (Å²) < 4.78 is 7.54. The van der Waals surface area contributed by atoms with Gasteiger partial charge in [-0.05, 0) is 37.0 Å². The molecule has 0 bridgehead atoms. The highest BCUT2D eigenvalue weighted by Gasteiger charge is 2.38. The van der Waals surface area contributed by atoms with Crippen molar-refractivity contribution in [2.75, 3.05) is 19.7 Å². The van der Waals surface area contributed by atoms with Crippen molar-refractivity contribution in [2.24, 2.45) is 5.92 Å². The molecule has 2 aromatic rings. The Balaban J connectivity index is 1.39. The number of ether oxygens (including phenoxy) is 1. The third-order valence-corrected chi connectivity index (χ3v) is 4.38. The SMILES string of the molecule is O=c1ccccn1-c1cccc(OCC2CN2CC2CC2)c1. The Kier molecular flexibility index (Phi) is 3.47. The second-order valence-electron chi connectivity index (χ2n) is 6.27. The Morgan fingerprint density at radius 1 is 1.14 bits per heavy atom. The van der Waals surface area contributed by atoms with Crippen LogP contribution in [0.3, 0.4) is 0 Å². The van der Waals surface area contributed by atoms with Gasteiger partial charge in [0.25, 0.3) is 5.56 Å². The first-order valence-electron chi connectivity index (χ1n) is 7.94. The summed E-state index contributed by atoms with van der Waals surface area (Å²) in [6.07, 6.45) is 4.58. The van der Waals surface area contributed by atoms with E-state index in [-0.39, 0.29) is 5.56 Å². The van der Waals surface area contributed by atoms with Gasteiger partial charge in [-0.15, -0.1) is 0 Å². The van der Waals surface area contributed by atoms with E-state index in [1.54, 1.807) is 22.9 Å². The normalized spacial score (nSPS) is 23.3. The van der Waals surface area contributed by atoms with Gasteiger partial charge < -0.3 is 4.74 Å². The largest absolute Gasteiger partial charge is 0.492 e. The average molecular weight is 296 g/mol. The highest BCUT2D eigenvalue weighted by molar-refractivity contribution is 5.39. The maximum absolute atomic E-state index is 11.9. The van der Waals surface area contributed by atoms with Crippen molar-refractivity contribution < 1.29 is 4.74 Å². The molecule has 1 aliphatic heterocycles. The van der Waals surface area contributed by atoms with Crippen molar-refractivity contribution in [2.45, 2.75) is 18.9 Å². The van der Waals surface area contributed by atoms with Crippen LogP contribution in [0.1, 0.15) is 12.8 Å². The Bertz CT molecular complexity index is 721. The summed E-state index contributed by atoms with van der Waals surface area (Å²) >= 11 is 0. The first kappa shape index (κ1) is 13.6. The van der Waals surface area contributed by atoms with E-state index in [9.17, 15) is 4.79 Å². The van der Waals surface area contributed by atoms with Gasteiger partial charge in [0.2, 0.25) is 0 Å². The molecule has 0 amide bonds.